The molecule has 0 fully saturated rings. The van der Waals surface area contributed by atoms with Crippen LogP contribution in [0.25, 0.3) is 10.9 Å². The molecule has 3 rings (SSSR count). The van der Waals surface area contributed by atoms with Crippen molar-refractivity contribution in [2.24, 2.45) is 0 Å². The molecule has 0 radical (unpaired) electrons. The van der Waals surface area contributed by atoms with Gasteiger partial charge in [0.05, 0.1) is 0 Å². The highest BCUT2D eigenvalue weighted by Crippen LogP contribution is 2.22. The Kier molecular flexibility index (Phi) is 2.90. The molecular formula is C16H18N2O. The number of hydrogen-bond donors (Lipinski definition) is 1. The van der Waals surface area contributed by atoms with Crippen LogP contribution in [0.1, 0.15) is 24.5 Å². The van der Waals surface area contributed by atoms with Crippen molar-refractivity contribution in [3.63, 3.8) is 0 Å². The van der Waals surface area contributed by atoms with Gasteiger partial charge in [-0.3, -0.25) is 4.79 Å². The Hall–Kier alpha value is -2.03. The minimum Gasteiger partial charge on any atom is -0.361 e. The van der Waals surface area contributed by atoms with Crippen LogP contribution in [0.15, 0.2) is 36.2 Å². The molecule has 0 aliphatic carbocycles. The first-order chi connectivity index (χ1) is 9.15. The molecule has 3 heteroatoms. The van der Waals surface area contributed by atoms with Crippen LogP contribution in [0.2, 0.25) is 0 Å². The third kappa shape index (κ3) is 2.16. The molecule has 3 nitrogen and oxygen atoms in total. The topological polar surface area (TPSA) is 36.1 Å². The van der Waals surface area contributed by atoms with Crippen LogP contribution < -0.4 is 0 Å². The molecule has 0 atom stereocenters. The molecule has 2 heterocycles. The van der Waals surface area contributed by atoms with E-state index in [2.05, 4.69) is 36.3 Å². The standard InChI is InChI=1S/C16H18N2O/c1-11-3-5-14-13(10-17-15(14)9-11)7-8-18-12(2)4-6-16(18)19/h3-5,9-10,17H,6-8H2,1-2H3. The fourth-order valence-corrected chi connectivity index (χ4v) is 2.69. The summed E-state index contributed by atoms with van der Waals surface area (Å²) in [4.78, 5) is 16.9. The number of nitrogens with zero attached hydrogens (tertiary/aromatic N) is 1. The average Bonchev–Trinajstić information content (AvgIpc) is 2.92. The van der Waals surface area contributed by atoms with E-state index in [1.807, 2.05) is 17.9 Å². The molecule has 2 aromatic rings. The first kappa shape index (κ1) is 12.0. The number of hydrogen-bond acceptors (Lipinski definition) is 1. The summed E-state index contributed by atoms with van der Waals surface area (Å²) in [6, 6.07) is 6.45. The lowest BCUT2D eigenvalue weighted by atomic mass is 10.1. The van der Waals surface area contributed by atoms with Crippen LogP contribution >= 0.6 is 0 Å². The van der Waals surface area contributed by atoms with E-state index >= 15 is 0 Å². The minimum atomic E-state index is 0.216. The molecule has 19 heavy (non-hydrogen) atoms. The van der Waals surface area contributed by atoms with E-state index in [0.29, 0.717) is 6.42 Å². The number of carbonyl (C=O) groups is 1. The Labute approximate surface area is 112 Å². The Morgan fingerprint density at radius 1 is 1.32 bits per heavy atom. The number of aromatic amines is 1. The zero-order chi connectivity index (χ0) is 13.4. The van der Waals surface area contributed by atoms with E-state index in [1.165, 1.54) is 22.0 Å². The predicted octanol–water partition coefficient (Wildman–Crippen LogP) is 3.15. The Morgan fingerprint density at radius 3 is 2.89 bits per heavy atom. The van der Waals surface area contributed by atoms with Crippen molar-refractivity contribution in [2.75, 3.05) is 6.54 Å². The van der Waals surface area contributed by atoms with Crippen LogP contribution in [-0.4, -0.2) is 22.3 Å². The number of rotatable bonds is 3. The van der Waals surface area contributed by atoms with Gasteiger partial charge in [0.1, 0.15) is 0 Å². The van der Waals surface area contributed by atoms with E-state index in [9.17, 15) is 4.79 Å². The van der Waals surface area contributed by atoms with E-state index in [-0.39, 0.29) is 5.91 Å². The monoisotopic (exact) mass is 254 g/mol. The smallest absolute Gasteiger partial charge is 0.230 e. The molecule has 1 aromatic carbocycles. The predicted molar refractivity (Wildman–Crippen MR) is 76.8 cm³/mol. The number of allylic oxidation sites excluding steroid dienone is 1. The van der Waals surface area contributed by atoms with Gasteiger partial charge >= 0.3 is 0 Å². The van der Waals surface area contributed by atoms with Crippen LogP contribution in [-0.2, 0) is 11.2 Å². The van der Waals surface area contributed by atoms with Gasteiger partial charge in [0.25, 0.3) is 0 Å². The number of H-pyrrole nitrogens is 1. The van der Waals surface area contributed by atoms with Gasteiger partial charge in [0, 0.05) is 35.8 Å². The molecule has 1 N–H and O–H groups in total. The molecule has 0 bridgehead atoms. The summed E-state index contributed by atoms with van der Waals surface area (Å²) in [5, 5.41) is 1.26. The fourth-order valence-electron chi connectivity index (χ4n) is 2.69. The second-order valence-corrected chi connectivity index (χ2v) is 5.21. The van der Waals surface area contributed by atoms with Crippen LogP contribution in [0.4, 0.5) is 0 Å². The highest BCUT2D eigenvalue weighted by molar-refractivity contribution is 5.84. The minimum absolute atomic E-state index is 0.216. The van der Waals surface area contributed by atoms with Gasteiger partial charge in [-0.15, -0.1) is 0 Å². The summed E-state index contributed by atoms with van der Waals surface area (Å²) >= 11 is 0. The summed E-state index contributed by atoms with van der Waals surface area (Å²) in [7, 11) is 0. The first-order valence-corrected chi connectivity index (χ1v) is 6.69. The van der Waals surface area contributed by atoms with Crippen molar-refractivity contribution < 1.29 is 4.79 Å². The lowest BCUT2D eigenvalue weighted by Crippen LogP contribution is -2.26. The third-order valence-electron chi connectivity index (χ3n) is 3.83. The molecule has 0 unspecified atom stereocenters. The van der Waals surface area contributed by atoms with E-state index in [0.717, 1.165) is 18.7 Å². The Balaban J connectivity index is 1.79. The molecule has 1 aliphatic rings. The normalized spacial score (nSPS) is 15.4. The van der Waals surface area contributed by atoms with Crippen molar-refractivity contribution in [2.45, 2.75) is 26.7 Å². The van der Waals surface area contributed by atoms with E-state index in [4.69, 9.17) is 0 Å². The van der Waals surface area contributed by atoms with Gasteiger partial charge < -0.3 is 9.88 Å². The number of carbonyl (C=O) groups excluding carboxylic acids is 1. The second kappa shape index (κ2) is 4.57. The van der Waals surface area contributed by atoms with Gasteiger partial charge in [0.15, 0.2) is 0 Å². The number of aromatic nitrogens is 1. The van der Waals surface area contributed by atoms with Crippen LogP contribution in [0, 0.1) is 6.92 Å². The van der Waals surface area contributed by atoms with Crippen LogP contribution in [0.3, 0.4) is 0 Å². The van der Waals surface area contributed by atoms with Gasteiger partial charge in [-0.25, -0.2) is 0 Å². The van der Waals surface area contributed by atoms with Crippen molar-refractivity contribution >= 4 is 16.8 Å². The molecular weight excluding hydrogens is 236 g/mol. The number of benzene rings is 1. The number of amides is 1. The lowest BCUT2D eigenvalue weighted by Gasteiger charge is -2.17. The molecule has 1 amide bonds. The second-order valence-electron chi connectivity index (χ2n) is 5.21. The zero-order valence-electron chi connectivity index (χ0n) is 11.4. The highest BCUT2D eigenvalue weighted by Gasteiger charge is 2.20. The van der Waals surface area contributed by atoms with Crippen molar-refractivity contribution in [1.82, 2.24) is 9.88 Å². The van der Waals surface area contributed by atoms with Gasteiger partial charge in [0.2, 0.25) is 5.91 Å². The molecule has 0 saturated heterocycles. The maximum Gasteiger partial charge on any atom is 0.230 e. The number of nitrogens with one attached hydrogen (secondary N) is 1. The number of fused-ring (bicyclic) bond motifs is 1. The molecule has 1 aliphatic heterocycles. The van der Waals surface area contributed by atoms with E-state index in [1.54, 1.807) is 0 Å². The largest absolute Gasteiger partial charge is 0.361 e. The maximum absolute atomic E-state index is 11.7. The van der Waals surface area contributed by atoms with Gasteiger partial charge in [-0.05, 0) is 37.5 Å². The van der Waals surface area contributed by atoms with Gasteiger partial charge in [-0.2, -0.15) is 0 Å². The first-order valence-electron chi connectivity index (χ1n) is 6.69. The zero-order valence-corrected chi connectivity index (χ0v) is 11.4. The van der Waals surface area contributed by atoms with Crippen molar-refractivity contribution in [1.29, 1.82) is 0 Å². The van der Waals surface area contributed by atoms with Crippen molar-refractivity contribution in [3.8, 4) is 0 Å². The summed E-state index contributed by atoms with van der Waals surface area (Å²) in [6.07, 6.45) is 5.50. The molecule has 98 valence electrons. The molecule has 1 aromatic heterocycles. The van der Waals surface area contributed by atoms with Crippen molar-refractivity contribution in [3.05, 3.63) is 47.3 Å². The molecule has 0 spiro atoms. The summed E-state index contributed by atoms with van der Waals surface area (Å²) < 4.78 is 0. The third-order valence-corrected chi connectivity index (χ3v) is 3.83. The van der Waals surface area contributed by atoms with Crippen LogP contribution in [0.5, 0.6) is 0 Å². The number of aryl methyl sites for hydroxylation is 1. The molecule has 0 saturated carbocycles. The fraction of sp³-hybridized carbons (Fsp3) is 0.312. The quantitative estimate of drug-likeness (QED) is 0.897. The maximum atomic E-state index is 11.7. The highest BCUT2D eigenvalue weighted by atomic mass is 16.2. The van der Waals surface area contributed by atoms with E-state index < -0.39 is 0 Å². The Bertz CT molecular complexity index is 666. The lowest BCUT2D eigenvalue weighted by molar-refractivity contribution is -0.127. The van der Waals surface area contributed by atoms with Gasteiger partial charge in [-0.1, -0.05) is 18.2 Å². The summed E-state index contributed by atoms with van der Waals surface area (Å²) in [5.74, 6) is 0.216. The summed E-state index contributed by atoms with van der Waals surface area (Å²) in [6.45, 7) is 4.86. The average molecular weight is 254 g/mol. The Morgan fingerprint density at radius 2 is 2.16 bits per heavy atom. The summed E-state index contributed by atoms with van der Waals surface area (Å²) in [5.41, 5.74) is 4.80. The SMILES string of the molecule is CC1=CCC(=O)N1CCc1c[nH]c2cc(C)ccc12.